The van der Waals surface area contributed by atoms with Crippen LogP contribution in [0.5, 0.6) is 0 Å². The second-order valence-electron chi connectivity index (χ2n) is 27.0. The van der Waals surface area contributed by atoms with Gasteiger partial charge in [0.15, 0.2) is 16.1 Å². The second kappa shape index (κ2) is 26.2. The van der Waals surface area contributed by atoms with Crippen molar-refractivity contribution in [3.05, 3.63) is 387 Å². The minimum atomic E-state index is -3.56. The molecule has 2 aliphatic heterocycles. The van der Waals surface area contributed by atoms with E-state index >= 15 is 0 Å². The Hall–Kier alpha value is -11.3. The number of hydrogen-bond acceptors (Lipinski definition) is 2. The summed E-state index contributed by atoms with van der Waals surface area (Å²) < 4.78 is 45.0. The minimum absolute atomic E-state index is 0.172. The van der Waals surface area contributed by atoms with E-state index in [4.69, 9.17) is 4.11 Å². The average molecular weight is 1310 g/mol. The maximum atomic E-state index is 9.34. The molecule has 474 valence electrons. The van der Waals surface area contributed by atoms with Crippen LogP contribution in [0.15, 0.2) is 381 Å². The van der Waals surface area contributed by atoms with Gasteiger partial charge in [0.1, 0.15) is 0 Å². The molecule has 14 aromatic carbocycles. The van der Waals surface area contributed by atoms with E-state index < -0.39 is 22.2 Å². The van der Waals surface area contributed by atoms with E-state index in [0.717, 1.165) is 82.6 Å². The van der Waals surface area contributed by atoms with Crippen LogP contribution in [-0.2, 0) is 5.41 Å². The first-order valence-electron chi connectivity index (χ1n) is 36.9. The SMILES string of the molecule is [2H]c1c([2H])c([2H])c(-c2cccc([Si](C(/C=C\C)=C/C)(c3ccccc3)c3ccc4c(c3)N(c3ccc(C(C)(C)C)cc3-c3ccccc3)c3cccc5c3B4c3ccc([Si](c4ccccc4)(c4ccccc4)c4cccc(-c6ccccc6)c4)cc3N5c3ccccc3-c3ccccc3)c2)c([2H])c1[2H]. The van der Waals surface area contributed by atoms with Crippen molar-refractivity contribution < 1.29 is 6.85 Å². The van der Waals surface area contributed by atoms with Crippen molar-refractivity contribution in [3.8, 4) is 44.5 Å². The van der Waals surface area contributed by atoms with Gasteiger partial charge in [-0.1, -0.05) is 354 Å². The van der Waals surface area contributed by atoms with Gasteiger partial charge in [-0.3, -0.25) is 0 Å². The second-order valence-corrected chi connectivity index (χ2v) is 34.6. The highest BCUT2D eigenvalue weighted by Crippen LogP contribution is 2.49. The van der Waals surface area contributed by atoms with Gasteiger partial charge in [-0.05, 0) is 159 Å². The van der Waals surface area contributed by atoms with Crippen molar-refractivity contribution in [2.45, 2.75) is 40.0 Å². The van der Waals surface area contributed by atoms with Crippen LogP contribution >= 0.6 is 0 Å². The first kappa shape index (κ1) is 56.8. The van der Waals surface area contributed by atoms with Crippen LogP contribution in [0.4, 0.5) is 34.1 Å². The third kappa shape index (κ3) is 10.8. The van der Waals surface area contributed by atoms with Gasteiger partial charge in [-0.25, -0.2) is 0 Å². The number of allylic oxidation sites excluding steroid dienone is 4. The van der Waals surface area contributed by atoms with Crippen molar-refractivity contribution in [2.75, 3.05) is 9.80 Å². The fourth-order valence-corrected chi connectivity index (χ4v) is 25.8. The highest BCUT2D eigenvalue weighted by Gasteiger charge is 2.49. The molecule has 1 atom stereocenters. The van der Waals surface area contributed by atoms with E-state index in [1.54, 1.807) is 0 Å². The van der Waals surface area contributed by atoms with E-state index in [-0.39, 0.29) is 41.9 Å². The Morgan fingerprint density at radius 1 is 0.343 bits per heavy atom. The molecule has 0 bridgehead atoms. The summed E-state index contributed by atoms with van der Waals surface area (Å²) in [6.07, 6.45) is 6.65. The molecule has 0 aromatic heterocycles. The number of nitrogens with zero attached hydrogens (tertiary/aromatic N) is 2. The van der Waals surface area contributed by atoms with E-state index in [0.29, 0.717) is 5.56 Å². The number of hydrogen-bond donors (Lipinski definition) is 0. The predicted molar refractivity (Wildman–Crippen MR) is 431 cm³/mol. The molecule has 0 aliphatic carbocycles. The Labute approximate surface area is 594 Å². The first-order valence-corrected chi connectivity index (χ1v) is 38.4. The topological polar surface area (TPSA) is 6.48 Å². The summed E-state index contributed by atoms with van der Waals surface area (Å²) in [6, 6.07) is 120. The molecule has 0 spiro atoms. The molecule has 2 heterocycles. The van der Waals surface area contributed by atoms with E-state index in [2.05, 4.69) is 378 Å². The van der Waals surface area contributed by atoms with Crippen LogP contribution < -0.4 is 62.5 Å². The van der Waals surface area contributed by atoms with Gasteiger partial charge in [0, 0.05) is 33.9 Å². The average Bonchev–Trinajstić information content (AvgIpc) is 0.690. The molecule has 0 saturated carbocycles. The first-order chi connectivity index (χ1) is 50.7. The number of anilines is 6. The Balaban J connectivity index is 1.04. The number of para-hydroxylation sites is 1. The van der Waals surface area contributed by atoms with Gasteiger partial charge in [0.05, 0.1) is 18.2 Å². The standard InChI is InChI=1S/C94H77BN2Si2/c1-6-34-75(7-2)98(76-45-23-12-24-46-76,79-51-31-43-72(63-79)68-35-15-8-16-36-68)81-58-60-86-92(66-81)97(88-62-57-74(94(3,4)5)65-84(88)71-41-21-11-22-42-71)90-56-33-55-89-93(90)95(86)85-61-59-82(67-91(85)96(89)87-54-30-29-53-83(87)70-39-19-10-20-40-70)99(77-47-25-13-26-48-77,78-49-27-14-28-50-78)80-52-32-44-73(64-80)69-37-17-9-18-38-69/h6-67H,1-5H3/b34-6-,75-7+/i8D,15D,16D,35D,36D. The summed E-state index contributed by atoms with van der Waals surface area (Å²) in [5, 5.41) is 9.50. The van der Waals surface area contributed by atoms with Gasteiger partial charge in [-0.15, -0.1) is 0 Å². The van der Waals surface area contributed by atoms with Crippen molar-refractivity contribution in [2.24, 2.45) is 0 Å². The quantitative estimate of drug-likeness (QED) is 0.0573. The normalized spacial score (nSPS) is 14.1. The molecule has 16 rings (SSSR count). The summed E-state index contributed by atoms with van der Waals surface area (Å²) in [5.41, 5.74) is 18.5. The molecule has 2 aliphatic rings. The molecule has 0 saturated heterocycles. The van der Waals surface area contributed by atoms with Crippen LogP contribution in [0.3, 0.4) is 0 Å². The van der Waals surface area contributed by atoms with Gasteiger partial charge in [0.2, 0.25) is 0 Å². The molecule has 99 heavy (non-hydrogen) atoms. The zero-order chi connectivity index (χ0) is 71.4. The Morgan fingerprint density at radius 2 is 0.768 bits per heavy atom. The molecular weight excluding hydrogens is 1220 g/mol. The van der Waals surface area contributed by atoms with Crippen molar-refractivity contribution in [3.63, 3.8) is 0 Å². The van der Waals surface area contributed by atoms with Crippen LogP contribution in [0, 0.1) is 0 Å². The van der Waals surface area contributed by atoms with E-state index in [1.807, 2.05) is 12.1 Å². The summed E-state index contributed by atoms with van der Waals surface area (Å²) in [5.74, 6) is 0. The molecule has 0 N–H and O–H groups in total. The van der Waals surface area contributed by atoms with E-state index in [9.17, 15) is 2.74 Å². The monoisotopic (exact) mass is 1310 g/mol. The Kier molecular flexibility index (Phi) is 15.1. The van der Waals surface area contributed by atoms with Gasteiger partial charge in [-0.2, -0.15) is 0 Å². The van der Waals surface area contributed by atoms with Crippen LogP contribution in [0.1, 0.15) is 47.0 Å². The molecule has 0 radical (unpaired) electrons. The summed E-state index contributed by atoms with van der Waals surface area (Å²) in [7, 11) is -6.84. The van der Waals surface area contributed by atoms with Crippen molar-refractivity contribution in [1.82, 2.24) is 0 Å². The van der Waals surface area contributed by atoms with Crippen molar-refractivity contribution in [1.29, 1.82) is 0 Å². The molecule has 5 heteroatoms. The lowest BCUT2D eigenvalue weighted by atomic mass is 9.33. The molecule has 0 fully saturated rings. The van der Waals surface area contributed by atoms with Gasteiger partial charge < -0.3 is 9.80 Å². The van der Waals surface area contributed by atoms with Crippen molar-refractivity contribution >= 4 is 110 Å². The zero-order valence-corrected chi connectivity index (χ0v) is 58.4. The highest BCUT2D eigenvalue weighted by molar-refractivity contribution is 7.20. The molecule has 0 amide bonds. The van der Waals surface area contributed by atoms with Gasteiger partial charge in [0.25, 0.3) is 6.71 Å². The largest absolute Gasteiger partial charge is 0.311 e. The maximum Gasteiger partial charge on any atom is 0.252 e. The number of benzene rings is 14. The maximum absolute atomic E-state index is 9.34. The molecular formula is C94H77BN2Si2. The predicted octanol–water partition coefficient (Wildman–Crippen LogP) is 17.6. The minimum Gasteiger partial charge on any atom is -0.311 e. The smallest absolute Gasteiger partial charge is 0.252 e. The fourth-order valence-electron chi connectivity index (χ4n) is 16.0. The van der Waals surface area contributed by atoms with Gasteiger partial charge >= 0.3 is 0 Å². The Morgan fingerprint density at radius 3 is 1.34 bits per heavy atom. The van der Waals surface area contributed by atoms with Crippen LogP contribution in [-0.4, -0.2) is 22.9 Å². The molecule has 2 nitrogen and oxygen atoms in total. The zero-order valence-electron chi connectivity index (χ0n) is 61.4. The fraction of sp³-hybridized carbons (Fsp3) is 0.0638. The highest BCUT2D eigenvalue weighted by atomic mass is 28.3. The van der Waals surface area contributed by atoms with Crippen LogP contribution in [0.2, 0.25) is 0 Å². The summed E-state index contributed by atoms with van der Waals surface area (Å²) in [4.78, 5) is 5.17. The lowest BCUT2D eigenvalue weighted by Gasteiger charge is -2.46. The molecule has 14 aromatic rings. The summed E-state index contributed by atoms with van der Waals surface area (Å²) >= 11 is 0. The lowest BCUT2D eigenvalue weighted by molar-refractivity contribution is 0.590. The number of fused-ring (bicyclic) bond motifs is 4. The van der Waals surface area contributed by atoms with Crippen LogP contribution in [0.25, 0.3) is 44.5 Å². The molecule has 1 unspecified atom stereocenters. The lowest BCUT2D eigenvalue weighted by Crippen LogP contribution is -2.75. The third-order valence-corrected chi connectivity index (χ3v) is 30.1. The third-order valence-electron chi connectivity index (χ3n) is 20.5. The summed E-state index contributed by atoms with van der Waals surface area (Å²) in [6.45, 7) is 10.8. The Bertz CT molecular complexity index is 5590. The van der Waals surface area contributed by atoms with E-state index in [1.165, 1.54) is 48.4 Å². The number of rotatable bonds is 15.